The largest absolute Gasteiger partial charge is 0.490 e. The van der Waals surface area contributed by atoms with Gasteiger partial charge >= 0.3 is 0 Å². The van der Waals surface area contributed by atoms with Crippen LogP contribution in [0.2, 0.25) is 0 Å². The third kappa shape index (κ3) is 5.69. The molecule has 5 heteroatoms. The lowest BCUT2D eigenvalue weighted by atomic mass is 9.93. The number of nitrogens with zero attached hydrogens (tertiary/aromatic N) is 1. The molecule has 1 aromatic carbocycles. The van der Waals surface area contributed by atoms with Gasteiger partial charge in [0, 0.05) is 19.6 Å². The summed E-state index contributed by atoms with van der Waals surface area (Å²) in [5, 5.41) is 22.3. The van der Waals surface area contributed by atoms with Gasteiger partial charge in [0.2, 0.25) is 0 Å². The fraction of sp³-hybridized carbons (Fsp3) is 0.739. The number of ether oxygens (including phenoxy) is 2. The summed E-state index contributed by atoms with van der Waals surface area (Å²) >= 11 is 0. The van der Waals surface area contributed by atoms with Crippen molar-refractivity contribution in [2.75, 3.05) is 39.5 Å². The fourth-order valence-electron chi connectivity index (χ4n) is 4.54. The normalized spacial score (nSPS) is 26.5. The molecule has 3 rings (SSSR count). The summed E-state index contributed by atoms with van der Waals surface area (Å²) in [5.41, 5.74) is 1.72. The summed E-state index contributed by atoms with van der Waals surface area (Å²) < 4.78 is 11.8. The molecule has 158 valence electrons. The molecule has 2 fully saturated rings. The molecule has 2 N–H and O–H groups in total. The smallest absolute Gasteiger partial charge is 0.134 e. The van der Waals surface area contributed by atoms with E-state index in [-0.39, 0.29) is 13.2 Å². The fourth-order valence-corrected chi connectivity index (χ4v) is 4.54. The van der Waals surface area contributed by atoms with E-state index < -0.39 is 11.2 Å². The van der Waals surface area contributed by atoms with E-state index in [2.05, 4.69) is 24.8 Å². The predicted molar refractivity (Wildman–Crippen MR) is 111 cm³/mol. The maximum Gasteiger partial charge on any atom is 0.134 e. The molecule has 0 amide bonds. The minimum atomic E-state index is -1.08. The van der Waals surface area contributed by atoms with Crippen LogP contribution < -0.4 is 4.74 Å². The van der Waals surface area contributed by atoms with E-state index in [1.165, 1.54) is 18.4 Å². The Labute approximate surface area is 169 Å². The van der Waals surface area contributed by atoms with Crippen molar-refractivity contribution in [2.24, 2.45) is 0 Å². The van der Waals surface area contributed by atoms with Crippen molar-refractivity contribution in [3.05, 3.63) is 28.8 Å². The molecule has 2 aliphatic rings. The molecule has 28 heavy (non-hydrogen) atoms. The monoisotopic (exact) mass is 391 g/mol. The quantitative estimate of drug-likeness (QED) is 0.755. The SMILES string of the molecule is Cc1cc(C)c(C)c(OC[C@]2(O)COCCN(CC3(O)CCCCCC3)C2)c1. The Morgan fingerprint density at radius 3 is 2.46 bits per heavy atom. The average molecular weight is 392 g/mol. The van der Waals surface area contributed by atoms with Crippen LogP contribution >= 0.6 is 0 Å². The van der Waals surface area contributed by atoms with Crippen LogP contribution in [-0.2, 0) is 4.74 Å². The topological polar surface area (TPSA) is 62.2 Å². The molecule has 5 nitrogen and oxygen atoms in total. The van der Waals surface area contributed by atoms with Crippen molar-refractivity contribution < 1.29 is 19.7 Å². The number of benzene rings is 1. The molecule has 0 bridgehead atoms. The van der Waals surface area contributed by atoms with Crippen LogP contribution in [0.4, 0.5) is 0 Å². The third-order valence-corrected chi connectivity index (χ3v) is 6.25. The highest BCUT2D eigenvalue weighted by Crippen LogP contribution is 2.29. The molecule has 1 saturated heterocycles. The van der Waals surface area contributed by atoms with Crippen molar-refractivity contribution in [3.63, 3.8) is 0 Å². The molecule has 1 aliphatic carbocycles. The van der Waals surface area contributed by atoms with Gasteiger partial charge in [0.05, 0.1) is 18.8 Å². The number of hydrogen-bond donors (Lipinski definition) is 2. The molecule has 0 aromatic heterocycles. The van der Waals surface area contributed by atoms with E-state index >= 15 is 0 Å². The summed E-state index contributed by atoms with van der Waals surface area (Å²) in [7, 11) is 0. The second kappa shape index (κ2) is 9.12. The minimum absolute atomic E-state index is 0.186. The van der Waals surface area contributed by atoms with Gasteiger partial charge in [-0.25, -0.2) is 0 Å². The first-order chi connectivity index (χ1) is 13.3. The van der Waals surface area contributed by atoms with Crippen LogP contribution in [0, 0.1) is 20.8 Å². The van der Waals surface area contributed by atoms with Gasteiger partial charge in [-0.3, -0.25) is 4.90 Å². The number of aliphatic hydroxyl groups is 2. The molecule has 1 heterocycles. The molecule has 0 spiro atoms. The van der Waals surface area contributed by atoms with Crippen molar-refractivity contribution in [2.45, 2.75) is 70.5 Å². The highest BCUT2D eigenvalue weighted by molar-refractivity contribution is 5.42. The van der Waals surface area contributed by atoms with Gasteiger partial charge in [0.1, 0.15) is 18.0 Å². The predicted octanol–water partition coefficient (Wildman–Crippen LogP) is 3.14. The van der Waals surface area contributed by atoms with Gasteiger partial charge in [-0.15, -0.1) is 0 Å². The highest BCUT2D eigenvalue weighted by Gasteiger charge is 2.37. The first-order valence-corrected chi connectivity index (χ1v) is 10.7. The molecule has 1 aliphatic heterocycles. The second-order valence-electron chi connectivity index (χ2n) is 9.12. The van der Waals surface area contributed by atoms with E-state index in [0.717, 1.165) is 49.1 Å². The Morgan fingerprint density at radius 1 is 1.04 bits per heavy atom. The first-order valence-electron chi connectivity index (χ1n) is 10.7. The van der Waals surface area contributed by atoms with Crippen molar-refractivity contribution in [1.29, 1.82) is 0 Å². The van der Waals surface area contributed by atoms with Crippen molar-refractivity contribution >= 4 is 0 Å². The Kier molecular flexibility index (Phi) is 7.02. The zero-order valence-electron chi connectivity index (χ0n) is 17.8. The second-order valence-corrected chi connectivity index (χ2v) is 9.12. The first kappa shape index (κ1) is 21.6. The van der Waals surface area contributed by atoms with Gasteiger partial charge in [-0.2, -0.15) is 0 Å². The lowest BCUT2D eigenvalue weighted by molar-refractivity contribution is -0.0734. The van der Waals surface area contributed by atoms with Crippen LogP contribution in [0.25, 0.3) is 0 Å². The Balaban J connectivity index is 1.65. The van der Waals surface area contributed by atoms with Gasteiger partial charge in [0.15, 0.2) is 0 Å². The lowest BCUT2D eigenvalue weighted by Gasteiger charge is -2.36. The zero-order valence-corrected chi connectivity index (χ0v) is 17.8. The van der Waals surface area contributed by atoms with E-state index in [1.54, 1.807) is 0 Å². The Morgan fingerprint density at radius 2 is 1.75 bits per heavy atom. The molecule has 1 saturated carbocycles. The molecule has 1 atom stereocenters. The Hall–Kier alpha value is -1.14. The molecular weight excluding hydrogens is 354 g/mol. The van der Waals surface area contributed by atoms with Crippen LogP contribution in [0.1, 0.15) is 55.2 Å². The van der Waals surface area contributed by atoms with E-state index in [9.17, 15) is 10.2 Å². The molecule has 0 radical (unpaired) electrons. The standard InChI is InChI=1S/C23H37NO4/c1-18-12-19(2)20(3)21(13-18)28-17-23(26)15-24(10-11-27-16-23)14-22(25)8-6-4-5-7-9-22/h12-13,25-26H,4-11,14-17H2,1-3H3/t23-/m1/s1. The van der Waals surface area contributed by atoms with E-state index in [0.29, 0.717) is 19.7 Å². The molecular formula is C23H37NO4. The summed E-state index contributed by atoms with van der Waals surface area (Å²) in [6, 6.07) is 4.16. The summed E-state index contributed by atoms with van der Waals surface area (Å²) in [6.45, 7) is 8.98. The highest BCUT2D eigenvalue weighted by atomic mass is 16.5. The maximum absolute atomic E-state index is 11.2. The van der Waals surface area contributed by atoms with Crippen LogP contribution in [-0.4, -0.2) is 65.8 Å². The summed E-state index contributed by atoms with van der Waals surface area (Å²) in [5.74, 6) is 0.823. The maximum atomic E-state index is 11.2. The average Bonchev–Trinajstić information content (AvgIpc) is 2.95. The number of rotatable bonds is 5. The van der Waals surface area contributed by atoms with Gasteiger partial charge in [-0.05, 0) is 56.4 Å². The van der Waals surface area contributed by atoms with E-state index in [1.807, 2.05) is 13.0 Å². The van der Waals surface area contributed by atoms with Crippen LogP contribution in [0.15, 0.2) is 12.1 Å². The molecule has 1 aromatic rings. The minimum Gasteiger partial charge on any atom is -0.490 e. The third-order valence-electron chi connectivity index (χ3n) is 6.25. The summed E-state index contributed by atoms with van der Waals surface area (Å²) in [6.07, 6.45) is 6.28. The zero-order chi connectivity index (χ0) is 20.2. The summed E-state index contributed by atoms with van der Waals surface area (Å²) in [4.78, 5) is 2.16. The van der Waals surface area contributed by atoms with Crippen molar-refractivity contribution in [3.8, 4) is 5.75 Å². The Bertz CT molecular complexity index is 654. The van der Waals surface area contributed by atoms with Gasteiger partial charge in [0.25, 0.3) is 0 Å². The number of hydrogen-bond acceptors (Lipinski definition) is 5. The van der Waals surface area contributed by atoms with Crippen molar-refractivity contribution in [1.82, 2.24) is 4.90 Å². The van der Waals surface area contributed by atoms with E-state index in [4.69, 9.17) is 9.47 Å². The van der Waals surface area contributed by atoms with Gasteiger partial charge < -0.3 is 19.7 Å². The lowest BCUT2D eigenvalue weighted by Crippen LogP contribution is -2.52. The van der Waals surface area contributed by atoms with Crippen LogP contribution in [0.5, 0.6) is 5.75 Å². The number of β-amino-alcohol motifs (C(OH)–C–C–N with tert-alkyl or cyclic N) is 2. The van der Waals surface area contributed by atoms with Gasteiger partial charge in [-0.1, -0.05) is 31.7 Å². The molecule has 0 unspecified atom stereocenters. The number of aryl methyl sites for hydroxylation is 2. The van der Waals surface area contributed by atoms with Crippen LogP contribution in [0.3, 0.4) is 0 Å².